The average molecular weight is 432 g/mol. The summed E-state index contributed by atoms with van der Waals surface area (Å²) in [4.78, 5) is 34.0. The number of rotatable bonds is 4. The van der Waals surface area contributed by atoms with Crippen LogP contribution in [0.2, 0.25) is 5.02 Å². The van der Waals surface area contributed by atoms with E-state index in [0.717, 1.165) is 42.4 Å². The standard InChI is InChI=1S/C21H22ClN3O3S/c1-13-18(20(27)28-2)19(15-7-3-4-8-16(15)22)25-14(12-29-21(25)23-13)11-17(26)24-9-5-6-10-24/h3-4,7-8,12,19H,5-6,9-11H2,1-2H3. The number of thioether (sulfide) groups is 1. The lowest BCUT2D eigenvalue weighted by Gasteiger charge is -2.36. The predicted molar refractivity (Wildman–Crippen MR) is 114 cm³/mol. The molecule has 1 aromatic carbocycles. The second-order valence-corrected chi connectivity index (χ2v) is 8.41. The van der Waals surface area contributed by atoms with Crippen molar-refractivity contribution in [3.05, 3.63) is 57.2 Å². The van der Waals surface area contributed by atoms with Gasteiger partial charge in [-0.3, -0.25) is 4.79 Å². The molecule has 1 saturated heterocycles. The summed E-state index contributed by atoms with van der Waals surface area (Å²) >= 11 is 7.99. The Bertz CT molecular complexity index is 950. The summed E-state index contributed by atoms with van der Waals surface area (Å²) < 4.78 is 5.06. The van der Waals surface area contributed by atoms with Crippen molar-refractivity contribution in [2.75, 3.05) is 20.2 Å². The molecule has 3 aliphatic heterocycles. The summed E-state index contributed by atoms with van der Waals surface area (Å²) in [6.45, 7) is 3.41. The molecule has 1 fully saturated rings. The lowest BCUT2D eigenvalue weighted by Crippen LogP contribution is -2.38. The largest absolute Gasteiger partial charge is 0.466 e. The van der Waals surface area contributed by atoms with Crippen molar-refractivity contribution in [3.8, 4) is 0 Å². The molecule has 3 aliphatic rings. The van der Waals surface area contributed by atoms with Crippen molar-refractivity contribution >= 4 is 40.4 Å². The highest BCUT2D eigenvalue weighted by Crippen LogP contribution is 2.46. The highest BCUT2D eigenvalue weighted by molar-refractivity contribution is 8.16. The number of amides is 1. The Balaban J connectivity index is 1.74. The van der Waals surface area contributed by atoms with Crippen LogP contribution in [0.25, 0.3) is 0 Å². The Morgan fingerprint density at radius 2 is 2.00 bits per heavy atom. The predicted octanol–water partition coefficient (Wildman–Crippen LogP) is 4.10. The SMILES string of the molecule is COC(=O)C1=C(C)N=C2SC=C(CC(=O)N3CCCC3)N2C1c1ccccc1Cl. The lowest BCUT2D eigenvalue weighted by atomic mass is 9.93. The van der Waals surface area contributed by atoms with Gasteiger partial charge in [-0.1, -0.05) is 41.6 Å². The molecule has 1 atom stereocenters. The third-order valence-corrected chi connectivity index (χ3v) is 6.63. The first kappa shape index (κ1) is 20.0. The minimum atomic E-state index is -0.490. The maximum Gasteiger partial charge on any atom is 0.338 e. The van der Waals surface area contributed by atoms with E-state index in [4.69, 9.17) is 16.3 Å². The fourth-order valence-corrected chi connectivity index (χ4v) is 5.17. The minimum absolute atomic E-state index is 0.0967. The summed E-state index contributed by atoms with van der Waals surface area (Å²) in [5.41, 5.74) is 2.64. The maximum atomic E-state index is 12.8. The molecule has 29 heavy (non-hydrogen) atoms. The monoisotopic (exact) mass is 431 g/mol. The number of hydrogen-bond acceptors (Lipinski definition) is 6. The van der Waals surface area contributed by atoms with Crippen molar-refractivity contribution in [3.63, 3.8) is 0 Å². The van der Waals surface area contributed by atoms with E-state index in [1.807, 2.05) is 33.4 Å². The lowest BCUT2D eigenvalue weighted by molar-refractivity contribution is -0.136. The van der Waals surface area contributed by atoms with Gasteiger partial charge in [-0.2, -0.15) is 0 Å². The Morgan fingerprint density at radius 1 is 1.28 bits per heavy atom. The molecule has 152 valence electrons. The molecule has 0 aliphatic carbocycles. The van der Waals surface area contributed by atoms with Crippen LogP contribution in [0.1, 0.15) is 37.8 Å². The van der Waals surface area contributed by atoms with Crippen molar-refractivity contribution < 1.29 is 14.3 Å². The van der Waals surface area contributed by atoms with Crippen LogP contribution >= 0.6 is 23.4 Å². The molecule has 1 amide bonds. The van der Waals surface area contributed by atoms with Gasteiger partial charge >= 0.3 is 5.97 Å². The second-order valence-electron chi connectivity index (χ2n) is 7.17. The first-order valence-electron chi connectivity index (χ1n) is 9.56. The molecule has 3 heterocycles. The number of carbonyl (C=O) groups excluding carboxylic acids is 2. The van der Waals surface area contributed by atoms with E-state index >= 15 is 0 Å². The number of ether oxygens (including phenoxy) is 1. The fourth-order valence-electron chi connectivity index (χ4n) is 3.97. The van der Waals surface area contributed by atoms with Gasteiger partial charge in [-0.25, -0.2) is 9.79 Å². The summed E-state index contributed by atoms with van der Waals surface area (Å²) in [7, 11) is 1.36. The molecular formula is C21H22ClN3O3S. The number of likely N-dealkylation sites (tertiary alicyclic amines) is 1. The number of allylic oxidation sites excluding steroid dienone is 1. The smallest absolute Gasteiger partial charge is 0.338 e. The van der Waals surface area contributed by atoms with Crippen LogP contribution in [0.15, 0.2) is 51.6 Å². The third-order valence-electron chi connectivity index (χ3n) is 5.40. The second kappa shape index (κ2) is 8.24. The zero-order valence-corrected chi connectivity index (χ0v) is 17.9. The minimum Gasteiger partial charge on any atom is -0.466 e. The van der Waals surface area contributed by atoms with Crippen molar-refractivity contribution in [2.45, 2.75) is 32.2 Å². The molecule has 0 saturated carbocycles. The van der Waals surface area contributed by atoms with Crippen molar-refractivity contribution in [1.82, 2.24) is 9.80 Å². The van der Waals surface area contributed by atoms with Crippen LogP contribution in [0.5, 0.6) is 0 Å². The van der Waals surface area contributed by atoms with Gasteiger partial charge < -0.3 is 14.5 Å². The molecular weight excluding hydrogens is 410 g/mol. The molecule has 0 spiro atoms. The van der Waals surface area contributed by atoms with Gasteiger partial charge in [0.15, 0.2) is 5.17 Å². The van der Waals surface area contributed by atoms with E-state index in [1.165, 1.54) is 18.9 Å². The molecule has 0 bridgehead atoms. The molecule has 0 radical (unpaired) electrons. The molecule has 0 N–H and O–H groups in total. The summed E-state index contributed by atoms with van der Waals surface area (Å²) in [6.07, 6.45) is 2.36. The number of esters is 1. The number of carbonyl (C=O) groups is 2. The quantitative estimate of drug-likeness (QED) is 0.671. The maximum absolute atomic E-state index is 12.8. The fraction of sp³-hybridized carbons (Fsp3) is 0.381. The van der Waals surface area contributed by atoms with E-state index in [2.05, 4.69) is 4.99 Å². The number of hydrogen-bond donors (Lipinski definition) is 0. The van der Waals surface area contributed by atoms with Crippen molar-refractivity contribution in [1.29, 1.82) is 0 Å². The Kier molecular flexibility index (Phi) is 5.69. The van der Waals surface area contributed by atoms with Crippen LogP contribution < -0.4 is 0 Å². The Labute approximate surface area is 179 Å². The number of fused-ring (bicyclic) bond motifs is 1. The van der Waals surface area contributed by atoms with Gasteiger partial charge in [-0.05, 0) is 36.8 Å². The zero-order valence-electron chi connectivity index (χ0n) is 16.4. The highest BCUT2D eigenvalue weighted by atomic mass is 35.5. The molecule has 4 rings (SSSR count). The van der Waals surface area contributed by atoms with Crippen LogP contribution in [-0.4, -0.2) is 47.0 Å². The average Bonchev–Trinajstić information content (AvgIpc) is 3.37. The molecule has 6 nitrogen and oxygen atoms in total. The van der Waals surface area contributed by atoms with Gasteiger partial charge in [0.05, 0.1) is 30.8 Å². The summed E-state index contributed by atoms with van der Waals surface area (Å²) in [5.74, 6) is -0.350. The third kappa shape index (κ3) is 3.69. The van der Waals surface area contributed by atoms with E-state index in [0.29, 0.717) is 16.3 Å². The zero-order chi connectivity index (χ0) is 20.5. The van der Waals surface area contributed by atoms with Gasteiger partial charge in [-0.15, -0.1) is 0 Å². The number of nitrogens with zero attached hydrogens (tertiary/aromatic N) is 3. The topological polar surface area (TPSA) is 62.2 Å². The van der Waals surface area contributed by atoms with Crippen LogP contribution in [0.4, 0.5) is 0 Å². The van der Waals surface area contributed by atoms with E-state index in [1.54, 1.807) is 13.0 Å². The van der Waals surface area contributed by atoms with Crippen LogP contribution in [-0.2, 0) is 14.3 Å². The van der Waals surface area contributed by atoms with Gasteiger partial charge in [0.1, 0.15) is 0 Å². The summed E-state index contributed by atoms with van der Waals surface area (Å²) in [6, 6.07) is 6.95. The number of methoxy groups -OCH3 is 1. The molecule has 0 aromatic heterocycles. The first-order chi connectivity index (χ1) is 14.0. The number of aliphatic imine (C=N–C) groups is 1. The number of amidine groups is 1. The summed E-state index contributed by atoms with van der Waals surface area (Å²) in [5, 5.41) is 3.24. The number of halogens is 1. The van der Waals surface area contributed by atoms with Gasteiger partial charge in [0, 0.05) is 23.8 Å². The van der Waals surface area contributed by atoms with Crippen LogP contribution in [0, 0.1) is 0 Å². The number of benzene rings is 1. The van der Waals surface area contributed by atoms with Crippen LogP contribution in [0.3, 0.4) is 0 Å². The van der Waals surface area contributed by atoms with E-state index < -0.39 is 12.0 Å². The molecule has 8 heteroatoms. The molecule has 1 unspecified atom stereocenters. The Morgan fingerprint density at radius 3 is 2.69 bits per heavy atom. The highest BCUT2D eigenvalue weighted by Gasteiger charge is 2.42. The normalized spacial score (nSPS) is 21.1. The molecule has 1 aromatic rings. The van der Waals surface area contributed by atoms with E-state index in [-0.39, 0.29) is 12.3 Å². The van der Waals surface area contributed by atoms with Gasteiger partial charge in [0.2, 0.25) is 5.91 Å². The first-order valence-corrected chi connectivity index (χ1v) is 10.8. The van der Waals surface area contributed by atoms with Gasteiger partial charge in [0.25, 0.3) is 0 Å². The van der Waals surface area contributed by atoms with E-state index in [9.17, 15) is 9.59 Å². The Hall–Kier alpha value is -2.25. The van der Waals surface area contributed by atoms with Crippen molar-refractivity contribution in [2.24, 2.45) is 4.99 Å².